The number of furan rings is 2. The molecular weight excluding hydrogens is 416 g/mol. The highest BCUT2D eigenvalue weighted by Crippen LogP contribution is 2.44. The molecule has 6 aromatic carbocycles. The normalized spacial score (nSPS) is 13.9. The average Bonchev–Trinajstić information content (AvgIpc) is 3.45. The summed E-state index contributed by atoms with van der Waals surface area (Å²) in [6.07, 6.45) is 4.52. The van der Waals surface area contributed by atoms with Gasteiger partial charge in [-0.3, -0.25) is 0 Å². The van der Waals surface area contributed by atoms with Gasteiger partial charge in [-0.2, -0.15) is 0 Å². The first-order chi connectivity index (χ1) is 16.9. The van der Waals surface area contributed by atoms with Crippen LogP contribution in [0.3, 0.4) is 0 Å². The number of aryl methyl sites for hydroxylation is 1. The van der Waals surface area contributed by atoms with Crippen LogP contribution in [0.2, 0.25) is 0 Å². The summed E-state index contributed by atoms with van der Waals surface area (Å²) in [7, 11) is 0. The van der Waals surface area contributed by atoms with Crippen molar-refractivity contribution in [2.75, 3.05) is 0 Å². The molecule has 8 aromatic rings. The molecule has 34 heavy (non-hydrogen) atoms. The molecule has 0 spiro atoms. The van der Waals surface area contributed by atoms with Crippen LogP contribution in [0.25, 0.3) is 82.3 Å². The van der Waals surface area contributed by atoms with Gasteiger partial charge in [0.25, 0.3) is 0 Å². The van der Waals surface area contributed by atoms with E-state index in [4.69, 9.17) is 8.83 Å². The van der Waals surface area contributed by atoms with Gasteiger partial charge in [0, 0.05) is 21.5 Å². The van der Waals surface area contributed by atoms with E-state index >= 15 is 0 Å². The Morgan fingerprint density at radius 3 is 1.88 bits per heavy atom. The Morgan fingerprint density at radius 2 is 1.09 bits per heavy atom. The van der Waals surface area contributed by atoms with Crippen LogP contribution in [0.4, 0.5) is 0 Å². The highest BCUT2D eigenvalue weighted by atomic mass is 16.3. The summed E-state index contributed by atoms with van der Waals surface area (Å²) in [6.45, 7) is 0. The van der Waals surface area contributed by atoms with Gasteiger partial charge >= 0.3 is 0 Å². The molecule has 2 heterocycles. The third-order valence-corrected chi connectivity index (χ3v) is 7.87. The van der Waals surface area contributed by atoms with Gasteiger partial charge in [-0.1, -0.05) is 60.7 Å². The van der Waals surface area contributed by atoms with E-state index in [9.17, 15) is 0 Å². The molecule has 0 radical (unpaired) electrons. The van der Waals surface area contributed by atoms with Crippen molar-refractivity contribution >= 4 is 82.3 Å². The first kappa shape index (κ1) is 17.2. The predicted molar refractivity (Wildman–Crippen MR) is 142 cm³/mol. The van der Waals surface area contributed by atoms with E-state index in [0.29, 0.717) is 0 Å². The van der Waals surface area contributed by atoms with E-state index < -0.39 is 0 Å². The van der Waals surface area contributed by atoms with E-state index in [1.54, 1.807) is 0 Å². The summed E-state index contributed by atoms with van der Waals surface area (Å²) in [6, 6.07) is 28.1. The number of fused-ring (bicyclic) bond motifs is 10. The molecule has 1 aliphatic rings. The minimum absolute atomic E-state index is 0.941. The summed E-state index contributed by atoms with van der Waals surface area (Å²) in [4.78, 5) is 0. The molecule has 1 aliphatic carbocycles. The lowest BCUT2D eigenvalue weighted by Gasteiger charge is -2.19. The maximum absolute atomic E-state index is 6.39. The molecule has 2 heteroatoms. The Kier molecular flexibility index (Phi) is 2.93. The van der Waals surface area contributed by atoms with E-state index in [1.165, 1.54) is 64.6 Å². The third kappa shape index (κ3) is 1.91. The average molecular weight is 434 g/mol. The first-order valence-electron chi connectivity index (χ1n) is 11.9. The Balaban J connectivity index is 1.63. The number of benzene rings is 6. The van der Waals surface area contributed by atoms with Gasteiger partial charge in [-0.25, -0.2) is 0 Å². The smallest absolute Gasteiger partial charge is 0.136 e. The number of rotatable bonds is 0. The molecule has 0 atom stereocenters. The summed E-state index contributed by atoms with van der Waals surface area (Å²) >= 11 is 0. The van der Waals surface area contributed by atoms with Crippen LogP contribution in [0.15, 0.2) is 87.7 Å². The Morgan fingerprint density at radius 1 is 0.471 bits per heavy atom. The fourth-order valence-corrected chi connectivity index (χ4v) is 6.58. The van der Waals surface area contributed by atoms with Gasteiger partial charge in [-0.15, -0.1) is 0 Å². The minimum Gasteiger partial charge on any atom is -0.456 e. The molecule has 0 unspecified atom stereocenters. The van der Waals surface area contributed by atoms with Crippen LogP contribution < -0.4 is 5.22 Å². The maximum Gasteiger partial charge on any atom is 0.136 e. The second kappa shape index (κ2) is 5.78. The van der Waals surface area contributed by atoms with Crippen molar-refractivity contribution in [2.45, 2.75) is 12.8 Å². The summed E-state index contributed by atoms with van der Waals surface area (Å²) in [5.74, 6) is 0. The van der Waals surface area contributed by atoms with Gasteiger partial charge in [0.15, 0.2) is 0 Å². The van der Waals surface area contributed by atoms with Crippen molar-refractivity contribution in [3.8, 4) is 0 Å². The maximum atomic E-state index is 6.39. The van der Waals surface area contributed by atoms with Crippen molar-refractivity contribution in [3.63, 3.8) is 0 Å². The van der Waals surface area contributed by atoms with Crippen molar-refractivity contribution in [3.05, 3.63) is 89.6 Å². The topological polar surface area (TPSA) is 26.3 Å². The SMILES string of the molecule is C1=c2c3c(c4cccc5c6c(cc(c3cc3oc7ccccc7c23)c45)oc2ccccc26)CC1. The molecule has 158 valence electrons. The molecule has 0 saturated carbocycles. The molecule has 0 fully saturated rings. The second-order valence-electron chi connectivity index (χ2n) is 9.53. The molecule has 9 rings (SSSR count). The van der Waals surface area contributed by atoms with Gasteiger partial charge in [0.2, 0.25) is 0 Å². The molecule has 0 N–H and O–H groups in total. The zero-order chi connectivity index (χ0) is 22.0. The van der Waals surface area contributed by atoms with Crippen LogP contribution in [0, 0.1) is 0 Å². The summed E-state index contributed by atoms with van der Waals surface area (Å²) < 4.78 is 12.8. The molecule has 2 aromatic heterocycles. The number of hydrogen-bond donors (Lipinski definition) is 0. The fourth-order valence-electron chi connectivity index (χ4n) is 6.58. The Bertz CT molecular complexity index is 2220. The number of para-hydroxylation sites is 2. The Hall–Kier alpha value is -4.30. The lowest BCUT2D eigenvalue weighted by atomic mass is 9.84. The van der Waals surface area contributed by atoms with E-state index in [0.717, 1.165) is 35.2 Å². The van der Waals surface area contributed by atoms with Crippen molar-refractivity contribution in [1.82, 2.24) is 0 Å². The summed E-state index contributed by atoms with van der Waals surface area (Å²) in [5, 5.41) is 14.0. The summed E-state index contributed by atoms with van der Waals surface area (Å²) in [5.41, 5.74) is 5.26. The molecular formula is C32H18O2. The van der Waals surface area contributed by atoms with Crippen LogP contribution in [0.5, 0.6) is 0 Å². The van der Waals surface area contributed by atoms with E-state index in [1.807, 2.05) is 12.1 Å². The first-order valence-corrected chi connectivity index (χ1v) is 11.9. The van der Waals surface area contributed by atoms with Gasteiger partial charge < -0.3 is 8.83 Å². The predicted octanol–water partition coefficient (Wildman–Crippen LogP) is 8.39. The lowest BCUT2D eigenvalue weighted by molar-refractivity contribution is 0.669. The molecule has 2 nitrogen and oxygen atoms in total. The van der Waals surface area contributed by atoms with Crippen LogP contribution in [-0.2, 0) is 6.42 Å². The van der Waals surface area contributed by atoms with E-state index in [2.05, 4.69) is 72.8 Å². The van der Waals surface area contributed by atoms with Gasteiger partial charge in [-0.05, 0) is 80.2 Å². The monoisotopic (exact) mass is 434 g/mol. The van der Waals surface area contributed by atoms with Crippen LogP contribution >= 0.6 is 0 Å². The fraction of sp³-hybridized carbons (Fsp3) is 0.0625. The molecule has 0 amide bonds. The van der Waals surface area contributed by atoms with Gasteiger partial charge in [0.1, 0.15) is 22.3 Å². The standard InChI is InChI=1S/C32H18O2/c1-3-13-25-19(7-1)31-21-11-5-9-17-18-10-6-12-22-30(18)24(23(29(17)21)15-27(31)33-25)16-28-32(22)20-8-2-4-14-26(20)34-28/h1-5,7-9,11-16H,6,10H2. The van der Waals surface area contributed by atoms with Crippen LogP contribution in [0.1, 0.15) is 12.0 Å². The zero-order valence-corrected chi connectivity index (χ0v) is 18.3. The number of hydrogen-bond acceptors (Lipinski definition) is 2. The highest BCUT2D eigenvalue weighted by molar-refractivity contribution is 6.33. The van der Waals surface area contributed by atoms with Gasteiger partial charge in [0.05, 0.1) is 0 Å². The minimum atomic E-state index is 0.941. The van der Waals surface area contributed by atoms with Crippen molar-refractivity contribution in [1.29, 1.82) is 0 Å². The Labute approximate surface area is 193 Å². The highest BCUT2D eigenvalue weighted by Gasteiger charge is 2.22. The quantitative estimate of drug-likeness (QED) is 0.177. The molecule has 0 saturated heterocycles. The third-order valence-electron chi connectivity index (χ3n) is 7.87. The van der Waals surface area contributed by atoms with Crippen molar-refractivity contribution < 1.29 is 8.83 Å². The van der Waals surface area contributed by atoms with Crippen molar-refractivity contribution in [2.24, 2.45) is 0 Å². The molecule has 0 bridgehead atoms. The largest absolute Gasteiger partial charge is 0.456 e. The zero-order valence-electron chi connectivity index (χ0n) is 18.3. The second-order valence-corrected chi connectivity index (χ2v) is 9.53. The van der Waals surface area contributed by atoms with E-state index in [-0.39, 0.29) is 0 Å². The molecule has 0 aliphatic heterocycles. The van der Waals surface area contributed by atoms with Crippen LogP contribution in [-0.4, -0.2) is 0 Å². The lowest BCUT2D eigenvalue weighted by Crippen LogP contribution is -2.12.